The molecular formula is C25H23N5O2S. The van der Waals surface area contributed by atoms with Gasteiger partial charge in [0.25, 0.3) is 0 Å². The maximum Gasteiger partial charge on any atom is 0.230 e. The molecule has 1 N–H and O–H groups in total. The number of rotatable bonds is 5. The van der Waals surface area contributed by atoms with Crippen molar-refractivity contribution < 1.29 is 9.59 Å². The second kappa shape index (κ2) is 8.63. The molecular weight excluding hydrogens is 434 g/mol. The molecule has 166 valence electrons. The first-order valence-electron chi connectivity index (χ1n) is 10.7. The number of amides is 2. The van der Waals surface area contributed by atoms with E-state index in [9.17, 15) is 9.59 Å². The largest absolute Gasteiger partial charge is 0.311 e. The lowest BCUT2D eigenvalue weighted by molar-refractivity contribution is -0.122. The van der Waals surface area contributed by atoms with Gasteiger partial charge in [-0.1, -0.05) is 48.5 Å². The topological polar surface area (TPSA) is 80.1 Å². The zero-order valence-electron chi connectivity index (χ0n) is 18.4. The van der Waals surface area contributed by atoms with Gasteiger partial charge in [-0.25, -0.2) is 4.98 Å². The summed E-state index contributed by atoms with van der Waals surface area (Å²) in [6.45, 7) is 4.20. The normalized spacial score (nSPS) is 15.8. The minimum absolute atomic E-state index is 0.0402. The first kappa shape index (κ1) is 21.1. The second-order valence-electron chi connectivity index (χ2n) is 8.15. The zero-order chi connectivity index (χ0) is 22.9. The highest BCUT2D eigenvalue weighted by Crippen LogP contribution is 2.30. The highest BCUT2D eigenvalue weighted by atomic mass is 32.1. The number of hydrogen-bond acceptors (Lipinski definition) is 5. The molecule has 4 aromatic rings. The number of aromatic nitrogens is 3. The summed E-state index contributed by atoms with van der Waals surface area (Å²) < 4.78 is 1.65. The fourth-order valence-electron chi connectivity index (χ4n) is 4.05. The number of nitrogens with one attached hydrogen (secondary N) is 1. The van der Waals surface area contributed by atoms with E-state index in [-0.39, 0.29) is 18.2 Å². The van der Waals surface area contributed by atoms with Crippen LogP contribution in [0.1, 0.15) is 17.7 Å². The summed E-state index contributed by atoms with van der Waals surface area (Å²) >= 11 is 1.46. The standard InChI is InChI=1S/C25H23N5O2S/c1-16-8-6-7-11-21(16)29-14-19(13-23(29)31)24(32)27-22-12-17(2)28-30(22)25-26-20(15-33-25)18-9-4-3-5-10-18/h3-12,15,19H,13-14H2,1-2H3,(H,27,32)/t19-/m1/s1. The molecule has 1 saturated heterocycles. The molecule has 1 atom stereocenters. The van der Waals surface area contributed by atoms with Gasteiger partial charge in [-0.3, -0.25) is 9.59 Å². The molecule has 5 rings (SSSR count). The van der Waals surface area contributed by atoms with Gasteiger partial charge in [0.15, 0.2) is 0 Å². The van der Waals surface area contributed by atoms with Crippen molar-refractivity contribution in [1.82, 2.24) is 14.8 Å². The number of nitrogens with zero attached hydrogens (tertiary/aromatic N) is 4. The molecule has 2 aromatic carbocycles. The van der Waals surface area contributed by atoms with Crippen LogP contribution >= 0.6 is 11.3 Å². The van der Waals surface area contributed by atoms with Crippen LogP contribution in [0, 0.1) is 19.8 Å². The molecule has 1 fully saturated rings. The van der Waals surface area contributed by atoms with Gasteiger partial charge in [-0.15, -0.1) is 11.3 Å². The average molecular weight is 458 g/mol. The molecule has 33 heavy (non-hydrogen) atoms. The van der Waals surface area contributed by atoms with E-state index >= 15 is 0 Å². The lowest BCUT2D eigenvalue weighted by Crippen LogP contribution is -2.29. The van der Waals surface area contributed by atoms with Crippen LogP contribution in [0.25, 0.3) is 16.4 Å². The molecule has 7 nitrogen and oxygen atoms in total. The van der Waals surface area contributed by atoms with Crippen LogP contribution in [-0.2, 0) is 9.59 Å². The summed E-state index contributed by atoms with van der Waals surface area (Å²) in [7, 11) is 0. The monoisotopic (exact) mass is 457 g/mol. The number of aryl methyl sites for hydroxylation is 2. The maximum atomic E-state index is 13.1. The van der Waals surface area contributed by atoms with E-state index in [0.717, 1.165) is 28.2 Å². The molecule has 0 spiro atoms. The van der Waals surface area contributed by atoms with Crippen LogP contribution in [0.5, 0.6) is 0 Å². The molecule has 1 aliphatic rings. The maximum absolute atomic E-state index is 13.1. The molecule has 2 amide bonds. The van der Waals surface area contributed by atoms with Crippen molar-refractivity contribution in [3.8, 4) is 16.4 Å². The third-order valence-electron chi connectivity index (χ3n) is 5.73. The Labute approximate surface area is 195 Å². The van der Waals surface area contributed by atoms with Crippen LogP contribution in [0.15, 0.2) is 66.0 Å². The van der Waals surface area contributed by atoms with Gasteiger partial charge in [0.1, 0.15) is 5.82 Å². The van der Waals surface area contributed by atoms with Crippen LogP contribution in [-0.4, -0.2) is 33.1 Å². The van der Waals surface area contributed by atoms with Gasteiger partial charge in [0.2, 0.25) is 16.9 Å². The van der Waals surface area contributed by atoms with E-state index in [0.29, 0.717) is 17.5 Å². The first-order chi connectivity index (χ1) is 16.0. The molecule has 0 bridgehead atoms. The van der Waals surface area contributed by atoms with Crippen molar-refractivity contribution in [2.45, 2.75) is 20.3 Å². The molecule has 0 aliphatic carbocycles. The Morgan fingerprint density at radius 1 is 1.09 bits per heavy atom. The Morgan fingerprint density at radius 3 is 2.64 bits per heavy atom. The van der Waals surface area contributed by atoms with Crippen LogP contribution in [0.3, 0.4) is 0 Å². The third-order valence-corrected chi connectivity index (χ3v) is 6.54. The summed E-state index contributed by atoms with van der Waals surface area (Å²) in [4.78, 5) is 32.1. The van der Waals surface area contributed by atoms with Crippen LogP contribution in [0.2, 0.25) is 0 Å². The van der Waals surface area contributed by atoms with E-state index < -0.39 is 5.92 Å². The van der Waals surface area contributed by atoms with Crippen molar-refractivity contribution in [2.24, 2.45) is 5.92 Å². The Balaban J connectivity index is 1.35. The number of carbonyl (C=O) groups excluding carboxylic acids is 2. The number of thiazole rings is 1. The Bertz CT molecular complexity index is 1330. The average Bonchev–Trinajstić information content (AvgIpc) is 3.53. The molecule has 0 unspecified atom stereocenters. The minimum Gasteiger partial charge on any atom is -0.311 e. The van der Waals surface area contributed by atoms with E-state index in [1.165, 1.54) is 11.3 Å². The van der Waals surface area contributed by atoms with Gasteiger partial charge in [0.05, 0.1) is 17.3 Å². The summed E-state index contributed by atoms with van der Waals surface area (Å²) in [6.07, 6.45) is 0.183. The molecule has 2 aromatic heterocycles. The van der Waals surface area contributed by atoms with Crippen LogP contribution < -0.4 is 10.2 Å². The van der Waals surface area contributed by atoms with Gasteiger partial charge < -0.3 is 10.2 Å². The van der Waals surface area contributed by atoms with Crippen molar-refractivity contribution in [3.05, 3.63) is 77.3 Å². The Hall–Kier alpha value is -3.78. The van der Waals surface area contributed by atoms with Crippen molar-refractivity contribution in [3.63, 3.8) is 0 Å². The number of carbonyl (C=O) groups is 2. The van der Waals surface area contributed by atoms with E-state index in [1.54, 1.807) is 9.58 Å². The fraction of sp³-hybridized carbons (Fsp3) is 0.200. The molecule has 1 aliphatic heterocycles. The SMILES string of the molecule is Cc1cc(NC(=O)[C@@H]2CC(=O)N(c3ccccc3C)C2)n(-c2nc(-c3ccccc3)cs2)n1. The second-order valence-corrected chi connectivity index (χ2v) is 8.98. The summed E-state index contributed by atoms with van der Waals surface area (Å²) in [6, 6.07) is 19.5. The minimum atomic E-state index is -0.433. The fourth-order valence-corrected chi connectivity index (χ4v) is 4.84. The molecule has 0 radical (unpaired) electrons. The molecule has 8 heteroatoms. The number of hydrogen-bond donors (Lipinski definition) is 1. The van der Waals surface area contributed by atoms with Gasteiger partial charge in [-0.05, 0) is 25.5 Å². The Kier molecular flexibility index (Phi) is 5.51. The lowest BCUT2D eigenvalue weighted by Gasteiger charge is -2.19. The van der Waals surface area contributed by atoms with Crippen LogP contribution in [0.4, 0.5) is 11.5 Å². The van der Waals surface area contributed by atoms with Gasteiger partial charge in [-0.2, -0.15) is 9.78 Å². The van der Waals surface area contributed by atoms with Crippen molar-refractivity contribution >= 4 is 34.7 Å². The number of benzene rings is 2. The van der Waals surface area contributed by atoms with E-state index in [1.807, 2.05) is 79.9 Å². The quantitative estimate of drug-likeness (QED) is 0.475. The van der Waals surface area contributed by atoms with E-state index in [2.05, 4.69) is 10.4 Å². The Morgan fingerprint density at radius 2 is 1.85 bits per heavy atom. The summed E-state index contributed by atoms with van der Waals surface area (Å²) in [5, 5.41) is 10.1. The zero-order valence-corrected chi connectivity index (χ0v) is 19.2. The number of anilines is 2. The smallest absolute Gasteiger partial charge is 0.230 e. The van der Waals surface area contributed by atoms with Crippen molar-refractivity contribution in [2.75, 3.05) is 16.8 Å². The van der Waals surface area contributed by atoms with Gasteiger partial charge >= 0.3 is 0 Å². The van der Waals surface area contributed by atoms with Gasteiger partial charge in [0, 0.05) is 35.7 Å². The predicted molar refractivity (Wildman–Crippen MR) is 130 cm³/mol. The van der Waals surface area contributed by atoms with Crippen molar-refractivity contribution in [1.29, 1.82) is 0 Å². The molecule has 3 heterocycles. The lowest BCUT2D eigenvalue weighted by atomic mass is 10.1. The molecule has 0 saturated carbocycles. The summed E-state index contributed by atoms with van der Waals surface area (Å²) in [5.41, 5.74) is 4.52. The highest BCUT2D eigenvalue weighted by Gasteiger charge is 2.36. The highest BCUT2D eigenvalue weighted by molar-refractivity contribution is 7.12. The number of para-hydroxylation sites is 1. The predicted octanol–water partition coefficient (Wildman–Crippen LogP) is 4.60. The summed E-state index contributed by atoms with van der Waals surface area (Å²) in [5.74, 6) is -0.118. The first-order valence-corrected chi connectivity index (χ1v) is 11.6. The third kappa shape index (κ3) is 4.17. The van der Waals surface area contributed by atoms with E-state index in [4.69, 9.17) is 4.98 Å².